The maximum Gasteiger partial charge on any atom is 0.416 e. The van der Waals surface area contributed by atoms with Crippen molar-refractivity contribution >= 4 is 22.9 Å². The van der Waals surface area contributed by atoms with Gasteiger partial charge in [-0.05, 0) is 23.8 Å². The highest BCUT2D eigenvalue weighted by molar-refractivity contribution is 7.13. The molecule has 0 bridgehead atoms. The summed E-state index contributed by atoms with van der Waals surface area (Å²) in [5.41, 5.74) is 3.06. The van der Waals surface area contributed by atoms with Crippen molar-refractivity contribution in [2.45, 2.75) is 12.6 Å². The summed E-state index contributed by atoms with van der Waals surface area (Å²) in [6.45, 7) is 0. The van der Waals surface area contributed by atoms with Gasteiger partial charge in [-0.1, -0.05) is 60.7 Å². The molecule has 0 unspecified atom stereocenters. The summed E-state index contributed by atoms with van der Waals surface area (Å²) in [7, 11) is 0. The van der Waals surface area contributed by atoms with Crippen LogP contribution in [0.5, 0.6) is 0 Å². The lowest BCUT2D eigenvalue weighted by Gasteiger charge is -2.11. The second-order valence-corrected chi connectivity index (χ2v) is 7.71. The minimum Gasteiger partial charge on any atom is -0.325 e. The van der Waals surface area contributed by atoms with E-state index in [9.17, 15) is 18.0 Å². The van der Waals surface area contributed by atoms with Gasteiger partial charge in [0.25, 0.3) is 0 Å². The minimum atomic E-state index is -4.37. The predicted octanol–water partition coefficient (Wildman–Crippen LogP) is 6.68. The Hall–Kier alpha value is -3.45. The van der Waals surface area contributed by atoms with E-state index in [4.69, 9.17) is 0 Å². The minimum absolute atomic E-state index is 0.0697. The molecule has 1 heterocycles. The van der Waals surface area contributed by atoms with Crippen molar-refractivity contribution in [3.63, 3.8) is 0 Å². The van der Waals surface area contributed by atoms with Gasteiger partial charge >= 0.3 is 6.18 Å². The molecule has 31 heavy (non-hydrogen) atoms. The Morgan fingerprint density at radius 2 is 1.55 bits per heavy atom. The van der Waals surface area contributed by atoms with Crippen LogP contribution in [-0.4, -0.2) is 10.9 Å². The Bertz CT molecular complexity index is 1190. The van der Waals surface area contributed by atoms with E-state index in [2.05, 4.69) is 10.3 Å². The van der Waals surface area contributed by atoms with Crippen LogP contribution in [0, 0.1) is 0 Å². The first-order chi connectivity index (χ1) is 14.9. The van der Waals surface area contributed by atoms with Gasteiger partial charge in [-0.2, -0.15) is 13.2 Å². The van der Waals surface area contributed by atoms with Gasteiger partial charge in [-0.15, -0.1) is 11.3 Å². The molecule has 4 rings (SSSR count). The number of hydrogen-bond acceptors (Lipinski definition) is 3. The number of alkyl halides is 3. The van der Waals surface area contributed by atoms with E-state index in [1.807, 2.05) is 54.6 Å². The van der Waals surface area contributed by atoms with Gasteiger partial charge in [0.2, 0.25) is 5.91 Å². The summed E-state index contributed by atoms with van der Waals surface area (Å²) in [4.78, 5) is 17.0. The fourth-order valence-electron chi connectivity index (χ4n) is 3.14. The largest absolute Gasteiger partial charge is 0.416 e. The summed E-state index contributed by atoms with van der Waals surface area (Å²) in [6, 6.07) is 22.1. The van der Waals surface area contributed by atoms with Crippen LogP contribution in [0.4, 0.5) is 18.9 Å². The van der Waals surface area contributed by atoms with Crippen molar-refractivity contribution in [3.05, 3.63) is 95.5 Å². The zero-order chi connectivity index (χ0) is 21.8. The molecule has 0 saturated carbocycles. The Morgan fingerprint density at radius 1 is 0.871 bits per heavy atom. The fourth-order valence-corrected chi connectivity index (χ4v) is 3.97. The van der Waals surface area contributed by atoms with Crippen molar-refractivity contribution in [2.75, 3.05) is 5.32 Å². The van der Waals surface area contributed by atoms with E-state index in [0.717, 1.165) is 23.3 Å². The first-order valence-corrected chi connectivity index (χ1v) is 10.3. The average molecular weight is 438 g/mol. The number of carbonyl (C=O) groups excluding carboxylic acids is 1. The number of benzene rings is 3. The quantitative estimate of drug-likeness (QED) is 0.378. The van der Waals surface area contributed by atoms with Crippen LogP contribution in [0.2, 0.25) is 0 Å². The lowest BCUT2D eigenvalue weighted by Crippen LogP contribution is -2.15. The number of carbonyl (C=O) groups is 1. The number of aromatic nitrogens is 1. The van der Waals surface area contributed by atoms with E-state index in [1.165, 1.54) is 23.5 Å². The van der Waals surface area contributed by atoms with Crippen molar-refractivity contribution in [1.82, 2.24) is 4.98 Å². The maximum atomic E-state index is 12.7. The van der Waals surface area contributed by atoms with E-state index < -0.39 is 11.7 Å². The first kappa shape index (κ1) is 20.8. The molecule has 156 valence electrons. The normalized spacial score (nSPS) is 11.3. The highest BCUT2D eigenvalue weighted by atomic mass is 32.1. The van der Waals surface area contributed by atoms with Crippen molar-refractivity contribution in [2.24, 2.45) is 0 Å². The standard InChI is InChI=1S/C24H17F3N2OS/c25-24(26,27)18-12-10-17(11-13-18)23-28-19(15-31-23)14-22(30)29-21-9-5-4-8-20(21)16-6-2-1-3-7-16/h1-13,15H,14H2,(H,29,30). The molecule has 0 aliphatic carbocycles. The van der Waals surface area contributed by atoms with E-state index in [1.54, 1.807) is 5.38 Å². The van der Waals surface area contributed by atoms with Crippen LogP contribution in [0.3, 0.4) is 0 Å². The number of thiazole rings is 1. The molecule has 0 saturated heterocycles. The second-order valence-electron chi connectivity index (χ2n) is 6.86. The molecular formula is C24H17F3N2OS. The zero-order valence-corrected chi connectivity index (χ0v) is 17.0. The van der Waals surface area contributed by atoms with Crippen molar-refractivity contribution < 1.29 is 18.0 Å². The van der Waals surface area contributed by atoms with Gasteiger partial charge < -0.3 is 5.32 Å². The van der Waals surface area contributed by atoms with Gasteiger partial charge in [0.05, 0.1) is 17.7 Å². The zero-order valence-electron chi connectivity index (χ0n) is 16.2. The Morgan fingerprint density at radius 3 is 2.26 bits per heavy atom. The van der Waals surface area contributed by atoms with Crippen LogP contribution in [0.1, 0.15) is 11.3 Å². The van der Waals surface area contributed by atoms with Gasteiger partial charge in [0.1, 0.15) is 5.01 Å². The second kappa shape index (κ2) is 8.73. The van der Waals surface area contributed by atoms with Crippen LogP contribution < -0.4 is 5.32 Å². The van der Waals surface area contributed by atoms with Gasteiger partial charge in [-0.3, -0.25) is 4.79 Å². The molecule has 0 radical (unpaired) electrons. The van der Waals surface area contributed by atoms with Crippen LogP contribution in [0.15, 0.2) is 84.2 Å². The molecule has 4 aromatic rings. The lowest BCUT2D eigenvalue weighted by molar-refractivity contribution is -0.137. The van der Waals surface area contributed by atoms with Gasteiger partial charge in [-0.25, -0.2) is 4.98 Å². The summed E-state index contributed by atoms with van der Waals surface area (Å²) < 4.78 is 38.2. The highest BCUT2D eigenvalue weighted by Gasteiger charge is 2.30. The molecule has 1 amide bonds. The highest BCUT2D eigenvalue weighted by Crippen LogP contribution is 2.32. The third kappa shape index (κ3) is 5.00. The van der Waals surface area contributed by atoms with Crippen molar-refractivity contribution in [3.8, 4) is 21.7 Å². The summed E-state index contributed by atoms with van der Waals surface area (Å²) in [6.07, 6.45) is -4.30. The molecule has 0 fully saturated rings. The monoisotopic (exact) mass is 438 g/mol. The number of halogens is 3. The number of para-hydroxylation sites is 1. The number of rotatable bonds is 5. The van der Waals surface area contributed by atoms with Crippen LogP contribution >= 0.6 is 11.3 Å². The molecular weight excluding hydrogens is 421 g/mol. The fraction of sp³-hybridized carbons (Fsp3) is 0.0833. The smallest absolute Gasteiger partial charge is 0.325 e. The number of amides is 1. The topological polar surface area (TPSA) is 42.0 Å². The molecule has 0 spiro atoms. The lowest BCUT2D eigenvalue weighted by atomic mass is 10.0. The third-order valence-electron chi connectivity index (χ3n) is 4.64. The van der Waals surface area contributed by atoms with E-state index in [0.29, 0.717) is 22.0 Å². The average Bonchev–Trinajstić information content (AvgIpc) is 3.22. The molecule has 1 N–H and O–H groups in total. The van der Waals surface area contributed by atoms with E-state index in [-0.39, 0.29) is 12.3 Å². The van der Waals surface area contributed by atoms with Crippen LogP contribution in [-0.2, 0) is 17.4 Å². The number of anilines is 1. The molecule has 3 aromatic carbocycles. The Balaban J connectivity index is 1.46. The van der Waals surface area contributed by atoms with Crippen molar-refractivity contribution in [1.29, 1.82) is 0 Å². The maximum absolute atomic E-state index is 12.7. The first-order valence-electron chi connectivity index (χ1n) is 9.46. The summed E-state index contributed by atoms with van der Waals surface area (Å²) in [5.74, 6) is -0.215. The molecule has 3 nitrogen and oxygen atoms in total. The molecule has 1 aromatic heterocycles. The van der Waals surface area contributed by atoms with Gasteiger partial charge in [0, 0.05) is 22.2 Å². The SMILES string of the molecule is O=C(Cc1csc(-c2ccc(C(F)(F)F)cc2)n1)Nc1ccccc1-c1ccccc1. The number of hydrogen-bond donors (Lipinski definition) is 1. The molecule has 0 atom stereocenters. The number of nitrogens with one attached hydrogen (secondary N) is 1. The Kier molecular flexibility index (Phi) is 5.86. The predicted molar refractivity (Wildman–Crippen MR) is 117 cm³/mol. The third-order valence-corrected chi connectivity index (χ3v) is 5.58. The summed E-state index contributed by atoms with van der Waals surface area (Å²) >= 11 is 1.29. The van der Waals surface area contributed by atoms with E-state index >= 15 is 0 Å². The number of nitrogens with zero attached hydrogens (tertiary/aromatic N) is 1. The molecule has 0 aliphatic heterocycles. The Labute approximate surface area is 181 Å². The summed E-state index contributed by atoms with van der Waals surface area (Å²) in [5, 5.41) is 5.25. The van der Waals surface area contributed by atoms with Gasteiger partial charge in [0.15, 0.2) is 0 Å². The molecule has 0 aliphatic rings. The molecule has 7 heteroatoms. The van der Waals surface area contributed by atoms with Crippen LogP contribution in [0.25, 0.3) is 21.7 Å².